The van der Waals surface area contributed by atoms with E-state index < -0.39 is 43.9 Å². The lowest BCUT2D eigenvalue weighted by atomic mass is 10.2. The molecule has 164 valence electrons. The average Bonchev–Trinajstić information content (AvgIpc) is 2.64. The van der Waals surface area contributed by atoms with Gasteiger partial charge in [-0.25, -0.2) is 27.0 Å². The fourth-order valence-electron chi connectivity index (χ4n) is 2.56. The summed E-state index contributed by atoms with van der Waals surface area (Å²) in [6, 6.07) is 3.49. The number of nitrogens with zero attached hydrogens (tertiary/aromatic N) is 3. The first-order chi connectivity index (χ1) is 14.4. The maximum absolute atomic E-state index is 13.0. The molecule has 10 nitrogen and oxygen atoms in total. The first-order valence-electron chi connectivity index (χ1n) is 8.27. The minimum absolute atomic E-state index is 0.0228. The van der Waals surface area contributed by atoms with Crippen LogP contribution in [0.15, 0.2) is 38.9 Å². The van der Waals surface area contributed by atoms with E-state index in [-0.39, 0.29) is 22.3 Å². The molecular weight excluding hydrogens is 462 g/mol. The van der Waals surface area contributed by atoms with Crippen LogP contribution in [0.2, 0.25) is 5.02 Å². The number of sulfone groups is 1. The van der Waals surface area contributed by atoms with Gasteiger partial charge in [0.2, 0.25) is 5.88 Å². The van der Waals surface area contributed by atoms with E-state index in [2.05, 4.69) is 10.1 Å². The lowest BCUT2D eigenvalue weighted by Crippen LogP contribution is -2.34. The van der Waals surface area contributed by atoms with Crippen LogP contribution in [-0.4, -0.2) is 39.5 Å². The largest absolute Gasteiger partial charge is 0.505 e. The number of nitrogens with one attached hydrogen (secondary N) is 1. The van der Waals surface area contributed by atoms with Crippen LogP contribution in [0, 0.1) is 6.92 Å². The van der Waals surface area contributed by atoms with E-state index in [0.29, 0.717) is 10.2 Å². The average molecular weight is 475 g/mol. The summed E-state index contributed by atoms with van der Waals surface area (Å²) in [6.45, 7) is 1.51. The van der Waals surface area contributed by atoms with E-state index >= 15 is 0 Å². The minimum atomic E-state index is -3.77. The molecule has 2 N–H and O–H groups in total. The number of H-pyrrole nitrogens is 1. The first kappa shape index (κ1) is 22.4. The Morgan fingerprint density at radius 3 is 2.52 bits per heavy atom. The van der Waals surface area contributed by atoms with Crippen molar-refractivity contribution in [2.75, 3.05) is 6.26 Å². The Morgan fingerprint density at radius 2 is 1.94 bits per heavy atom. The van der Waals surface area contributed by atoms with Gasteiger partial charge in [0.25, 0.3) is 12.0 Å². The topological polar surface area (TPSA) is 144 Å². The predicted molar refractivity (Wildman–Crippen MR) is 104 cm³/mol. The molecule has 0 amide bonds. The SMILES string of the molecule is Cc1cc(-n2nc(C(F)F)c(=O)[nH]c2=O)cc(Cl)c1Oc1cc(S(C)(=O)=O)c(O)cn1. The Kier molecular flexibility index (Phi) is 5.83. The number of aryl methyl sites for hydroxylation is 1. The fourth-order valence-corrected chi connectivity index (χ4v) is 3.61. The van der Waals surface area contributed by atoms with E-state index in [1.807, 2.05) is 0 Å². The predicted octanol–water partition coefficient (Wildman–Crippen LogP) is 2.12. The van der Waals surface area contributed by atoms with Crippen LogP contribution in [0.1, 0.15) is 17.7 Å². The molecule has 0 saturated heterocycles. The Labute approximate surface area is 177 Å². The second-order valence-corrected chi connectivity index (χ2v) is 8.69. The number of benzene rings is 1. The molecule has 0 bridgehead atoms. The molecular formula is C17H13ClF2N4O6S. The quantitative estimate of drug-likeness (QED) is 0.572. The van der Waals surface area contributed by atoms with Gasteiger partial charge in [0.15, 0.2) is 27.0 Å². The van der Waals surface area contributed by atoms with Gasteiger partial charge in [0.1, 0.15) is 4.90 Å². The van der Waals surface area contributed by atoms with Gasteiger partial charge >= 0.3 is 5.69 Å². The highest BCUT2D eigenvalue weighted by Crippen LogP contribution is 2.35. The Morgan fingerprint density at radius 1 is 1.26 bits per heavy atom. The zero-order valence-corrected chi connectivity index (χ0v) is 17.3. The summed E-state index contributed by atoms with van der Waals surface area (Å²) >= 11 is 6.20. The van der Waals surface area contributed by atoms with Crippen LogP contribution >= 0.6 is 11.6 Å². The third kappa shape index (κ3) is 4.56. The maximum atomic E-state index is 13.0. The number of halogens is 3. The smallest absolute Gasteiger partial charge is 0.349 e. The summed E-state index contributed by atoms with van der Waals surface area (Å²) in [5.41, 5.74) is -3.24. The second-order valence-electron chi connectivity index (χ2n) is 6.30. The molecule has 0 spiro atoms. The van der Waals surface area contributed by atoms with E-state index in [9.17, 15) is 31.9 Å². The molecule has 2 aromatic heterocycles. The molecule has 0 radical (unpaired) electrons. The molecule has 31 heavy (non-hydrogen) atoms. The van der Waals surface area contributed by atoms with E-state index in [1.54, 1.807) is 4.98 Å². The molecule has 14 heteroatoms. The zero-order valence-electron chi connectivity index (χ0n) is 15.8. The van der Waals surface area contributed by atoms with Crippen molar-refractivity contribution >= 4 is 21.4 Å². The lowest BCUT2D eigenvalue weighted by Gasteiger charge is -2.13. The Hall–Kier alpha value is -3.32. The monoisotopic (exact) mass is 474 g/mol. The molecule has 1 aromatic carbocycles. The van der Waals surface area contributed by atoms with Gasteiger partial charge in [-0.3, -0.25) is 9.78 Å². The Bertz CT molecular complexity index is 1380. The number of pyridine rings is 1. The van der Waals surface area contributed by atoms with Crippen molar-refractivity contribution in [3.05, 3.63) is 61.5 Å². The normalized spacial score (nSPS) is 11.7. The zero-order chi connectivity index (χ0) is 23.1. The summed E-state index contributed by atoms with van der Waals surface area (Å²) in [4.78, 5) is 28.6. The fraction of sp³-hybridized carbons (Fsp3) is 0.176. The second kappa shape index (κ2) is 8.07. The highest BCUT2D eigenvalue weighted by atomic mass is 35.5. The summed E-state index contributed by atoms with van der Waals surface area (Å²) < 4.78 is 55.5. The third-order valence-electron chi connectivity index (χ3n) is 3.95. The van der Waals surface area contributed by atoms with E-state index in [4.69, 9.17) is 16.3 Å². The standard InChI is InChI=1S/C17H13ClF2N4O6S/c1-7-3-8(24-17(27)22-16(26)13(23-24)15(19)20)4-9(18)14(7)30-12-5-11(31(2,28)29)10(25)6-21-12/h3-6,15,25H,1-2H3,(H,22,26,27). The van der Waals surface area contributed by atoms with Crippen LogP contribution in [-0.2, 0) is 9.84 Å². The van der Waals surface area contributed by atoms with Gasteiger partial charge in [-0.1, -0.05) is 11.6 Å². The summed E-state index contributed by atoms with van der Waals surface area (Å²) in [5.74, 6) is -0.740. The van der Waals surface area contributed by atoms with Gasteiger partial charge < -0.3 is 9.84 Å². The molecule has 0 unspecified atom stereocenters. The number of alkyl halides is 2. The van der Waals surface area contributed by atoms with Crippen molar-refractivity contribution in [2.45, 2.75) is 18.2 Å². The van der Waals surface area contributed by atoms with Crippen molar-refractivity contribution in [3.8, 4) is 23.1 Å². The number of aromatic nitrogens is 4. The molecule has 0 aliphatic rings. The highest BCUT2D eigenvalue weighted by molar-refractivity contribution is 7.90. The molecule has 0 aliphatic carbocycles. The Balaban J connectivity index is 2.06. The number of aromatic amines is 1. The summed E-state index contributed by atoms with van der Waals surface area (Å²) in [7, 11) is -3.77. The van der Waals surface area contributed by atoms with Crippen LogP contribution < -0.4 is 16.0 Å². The molecule has 0 aliphatic heterocycles. The van der Waals surface area contributed by atoms with Gasteiger partial charge in [-0.15, -0.1) is 0 Å². The summed E-state index contributed by atoms with van der Waals surface area (Å²) in [6.07, 6.45) is -1.43. The first-order valence-corrected chi connectivity index (χ1v) is 10.5. The van der Waals surface area contributed by atoms with Crippen molar-refractivity contribution < 1.29 is 27.0 Å². The number of hydrogen-bond donors (Lipinski definition) is 2. The van der Waals surface area contributed by atoms with Gasteiger partial charge in [-0.2, -0.15) is 9.78 Å². The van der Waals surface area contributed by atoms with Crippen LogP contribution in [0.4, 0.5) is 8.78 Å². The molecule has 2 heterocycles. The van der Waals surface area contributed by atoms with Crippen LogP contribution in [0.25, 0.3) is 5.69 Å². The molecule has 0 saturated carbocycles. The van der Waals surface area contributed by atoms with Gasteiger partial charge in [0, 0.05) is 12.3 Å². The van der Waals surface area contributed by atoms with E-state index in [0.717, 1.165) is 18.5 Å². The number of aromatic hydroxyl groups is 1. The van der Waals surface area contributed by atoms with Crippen LogP contribution in [0.3, 0.4) is 0 Å². The van der Waals surface area contributed by atoms with Crippen molar-refractivity contribution in [1.29, 1.82) is 0 Å². The molecule has 0 atom stereocenters. The van der Waals surface area contributed by atoms with Gasteiger partial charge in [-0.05, 0) is 24.6 Å². The van der Waals surface area contributed by atoms with Gasteiger partial charge in [0.05, 0.1) is 16.9 Å². The number of rotatable bonds is 5. The minimum Gasteiger partial charge on any atom is -0.505 e. The van der Waals surface area contributed by atoms with Crippen molar-refractivity contribution in [2.24, 2.45) is 0 Å². The maximum Gasteiger partial charge on any atom is 0.349 e. The van der Waals surface area contributed by atoms with E-state index in [1.165, 1.54) is 19.1 Å². The molecule has 3 aromatic rings. The third-order valence-corrected chi connectivity index (χ3v) is 5.35. The van der Waals surface area contributed by atoms with Crippen LogP contribution in [0.5, 0.6) is 17.4 Å². The molecule has 3 rings (SSSR count). The highest BCUT2D eigenvalue weighted by Gasteiger charge is 2.20. The van der Waals surface area contributed by atoms with Crippen molar-refractivity contribution in [1.82, 2.24) is 19.7 Å². The summed E-state index contributed by atoms with van der Waals surface area (Å²) in [5, 5.41) is 13.0. The number of hydrogen-bond acceptors (Lipinski definition) is 8. The number of ether oxygens (including phenoxy) is 1. The van der Waals surface area contributed by atoms with Crippen molar-refractivity contribution in [3.63, 3.8) is 0 Å². The lowest BCUT2D eigenvalue weighted by molar-refractivity contribution is 0.141. The molecule has 0 fully saturated rings.